The molecule has 2 heterocycles. The standard InChI is InChI=1S/C14H11Cl2N3OS/c1-7-4-11(17)21-13(7)14-18-12(19-20-14)6-8-2-3-9(15)10(16)5-8/h2-5H,6,17H2,1H3. The van der Waals surface area contributed by atoms with E-state index in [1.165, 1.54) is 11.3 Å². The van der Waals surface area contributed by atoms with Crippen LogP contribution in [0.15, 0.2) is 28.8 Å². The number of anilines is 1. The maximum atomic E-state index is 6.00. The van der Waals surface area contributed by atoms with Crippen LogP contribution in [-0.4, -0.2) is 10.1 Å². The Kier molecular flexibility index (Phi) is 3.89. The molecule has 0 radical (unpaired) electrons. The highest BCUT2D eigenvalue weighted by atomic mass is 35.5. The van der Waals surface area contributed by atoms with Crippen molar-refractivity contribution in [3.05, 3.63) is 51.3 Å². The van der Waals surface area contributed by atoms with Gasteiger partial charge in [-0.05, 0) is 36.2 Å². The van der Waals surface area contributed by atoms with Crippen LogP contribution in [0.3, 0.4) is 0 Å². The van der Waals surface area contributed by atoms with E-state index in [1.807, 2.05) is 19.1 Å². The van der Waals surface area contributed by atoms with Gasteiger partial charge in [-0.3, -0.25) is 0 Å². The molecule has 0 fully saturated rings. The zero-order valence-corrected chi connectivity index (χ0v) is 13.4. The molecule has 0 unspecified atom stereocenters. The van der Waals surface area contributed by atoms with Crippen LogP contribution in [0.5, 0.6) is 0 Å². The van der Waals surface area contributed by atoms with Gasteiger partial charge in [0.05, 0.1) is 19.9 Å². The molecule has 21 heavy (non-hydrogen) atoms. The molecule has 1 aromatic carbocycles. The Labute approximate surface area is 135 Å². The summed E-state index contributed by atoms with van der Waals surface area (Å²) in [5.74, 6) is 1.08. The number of rotatable bonds is 3. The molecule has 0 bridgehead atoms. The summed E-state index contributed by atoms with van der Waals surface area (Å²) in [5, 5.41) is 5.76. The predicted octanol–water partition coefficient (Wildman–Crippen LogP) is 4.59. The molecule has 0 aliphatic rings. The number of halogens is 2. The summed E-state index contributed by atoms with van der Waals surface area (Å²) in [6.07, 6.45) is 0.528. The third-order valence-electron chi connectivity index (χ3n) is 2.95. The monoisotopic (exact) mass is 339 g/mol. The van der Waals surface area contributed by atoms with Gasteiger partial charge in [0, 0.05) is 6.42 Å². The summed E-state index contributed by atoms with van der Waals surface area (Å²) in [7, 11) is 0. The molecule has 2 N–H and O–H groups in total. The number of benzene rings is 1. The van der Waals surface area contributed by atoms with Gasteiger partial charge in [-0.15, -0.1) is 11.3 Å². The van der Waals surface area contributed by atoms with Crippen molar-refractivity contribution in [2.45, 2.75) is 13.3 Å². The van der Waals surface area contributed by atoms with E-state index in [2.05, 4.69) is 10.1 Å². The second-order valence-corrected chi connectivity index (χ2v) is 6.50. The Bertz CT molecular complexity index is 797. The fourth-order valence-electron chi connectivity index (χ4n) is 1.97. The van der Waals surface area contributed by atoms with Crippen molar-refractivity contribution in [3.8, 4) is 10.8 Å². The minimum absolute atomic E-state index is 0.490. The van der Waals surface area contributed by atoms with Crippen molar-refractivity contribution in [3.63, 3.8) is 0 Å². The quantitative estimate of drug-likeness (QED) is 0.757. The van der Waals surface area contributed by atoms with Crippen LogP contribution >= 0.6 is 34.5 Å². The highest BCUT2D eigenvalue weighted by molar-refractivity contribution is 7.19. The van der Waals surface area contributed by atoms with E-state index in [9.17, 15) is 0 Å². The van der Waals surface area contributed by atoms with E-state index < -0.39 is 0 Å². The van der Waals surface area contributed by atoms with Crippen LogP contribution < -0.4 is 5.73 Å². The number of nitrogens with two attached hydrogens (primary N) is 1. The molecule has 0 aliphatic heterocycles. The number of hydrogen-bond donors (Lipinski definition) is 1. The zero-order chi connectivity index (χ0) is 15.0. The normalized spacial score (nSPS) is 11.0. The fraction of sp³-hybridized carbons (Fsp3) is 0.143. The highest BCUT2D eigenvalue weighted by Crippen LogP contribution is 2.33. The maximum Gasteiger partial charge on any atom is 0.268 e. The molecule has 0 aliphatic carbocycles. The largest absolute Gasteiger partial charge is 0.391 e. The van der Waals surface area contributed by atoms with Crippen molar-refractivity contribution in [2.75, 3.05) is 5.73 Å². The lowest BCUT2D eigenvalue weighted by molar-refractivity contribution is 0.424. The molecule has 4 nitrogen and oxygen atoms in total. The second kappa shape index (κ2) is 5.67. The van der Waals surface area contributed by atoms with Crippen LogP contribution in [-0.2, 0) is 6.42 Å². The average molecular weight is 340 g/mol. The fourth-order valence-corrected chi connectivity index (χ4v) is 3.15. The van der Waals surface area contributed by atoms with Gasteiger partial charge < -0.3 is 10.3 Å². The number of thiophene rings is 1. The van der Waals surface area contributed by atoms with Crippen LogP contribution in [0, 0.1) is 6.92 Å². The highest BCUT2D eigenvalue weighted by Gasteiger charge is 2.14. The first-order chi connectivity index (χ1) is 10.0. The van der Waals surface area contributed by atoms with Gasteiger partial charge in [-0.2, -0.15) is 4.98 Å². The molecule has 0 atom stereocenters. The minimum atomic E-state index is 0.490. The van der Waals surface area contributed by atoms with Crippen molar-refractivity contribution < 1.29 is 4.52 Å². The molecule has 0 amide bonds. The SMILES string of the molecule is Cc1cc(N)sc1-c1nc(Cc2ccc(Cl)c(Cl)c2)no1. The molecule has 3 aromatic rings. The summed E-state index contributed by atoms with van der Waals surface area (Å²) in [6, 6.07) is 7.33. The van der Waals surface area contributed by atoms with Gasteiger partial charge in [0.1, 0.15) is 0 Å². The molecule has 3 rings (SSSR count). The van der Waals surface area contributed by atoms with Crippen molar-refractivity contribution in [1.82, 2.24) is 10.1 Å². The molecule has 0 saturated carbocycles. The van der Waals surface area contributed by atoms with Gasteiger partial charge in [-0.25, -0.2) is 0 Å². The van der Waals surface area contributed by atoms with E-state index in [-0.39, 0.29) is 0 Å². The Hall–Kier alpha value is -1.56. The van der Waals surface area contributed by atoms with Gasteiger partial charge in [0.2, 0.25) is 0 Å². The third-order valence-corrected chi connectivity index (χ3v) is 4.74. The third kappa shape index (κ3) is 3.05. The van der Waals surface area contributed by atoms with Gasteiger partial charge in [0.25, 0.3) is 5.89 Å². The maximum absolute atomic E-state index is 6.00. The molecule has 0 spiro atoms. The number of aryl methyl sites for hydroxylation is 1. The van der Waals surface area contributed by atoms with E-state index in [1.54, 1.807) is 12.1 Å². The zero-order valence-electron chi connectivity index (χ0n) is 11.1. The van der Waals surface area contributed by atoms with Gasteiger partial charge >= 0.3 is 0 Å². The predicted molar refractivity (Wildman–Crippen MR) is 86.0 cm³/mol. The molecular weight excluding hydrogens is 329 g/mol. The lowest BCUT2D eigenvalue weighted by Gasteiger charge is -1.99. The first-order valence-corrected chi connectivity index (χ1v) is 7.73. The molecule has 7 heteroatoms. The summed E-state index contributed by atoms with van der Waals surface area (Å²) in [6.45, 7) is 1.96. The first-order valence-electron chi connectivity index (χ1n) is 6.15. The minimum Gasteiger partial charge on any atom is -0.391 e. The topological polar surface area (TPSA) is 64.9 Å². The Morgan fingerprint density at radius 3 is 2.71 bits per heavy atom. The molecular formula is C14H11Cl2N3OS. The number of hydrogen-bond acceptors (Lipinski definition) is 5. The van der Waals surface area contributed by atoms with Crippen LogP contribution in [0.1, 0.15) is 17.0 Å². The van der Waals surface area contributed by atoms with Crippen molar-refractivity contribution in [2.24, 2.45) is 0 Å². The molecule has 0 saturated heterocycles. The lowest BCUT2D eigenvalue weighted by atomic mass is 10.1. The lowest BCUT2D eigenvalue weighted by Crippen LogP contribution is -1.91. The van der Waals surface area contributed by atoms with Crippen LogP contribution in [0.4, 0.5) is 5.00 Å². The van der Waals surface area contributed by atoms with Gasteiger partial charge in [-0.1, -0.05) is 34.4 Å². The Morgan fingerprint density at radius 1 is 1.24 bits per heavy atom. The Balaban J connectivity index is 1.85. The van der Waals surface area contributed by atoms with E-state index in [0.29, 0.717) is 28.2 Å². The summed E-state index contributed by atoms with van der Waals surface area (Å²) in [4.78, 5) is 5.31. The van der Waals surface area contributed by atoms with E-state index >= 15 is 0 Å². The second-order valence-electron chi connectivity index (χ2n) is 4.60. The smallest absolute Gasteiger partial charge is 0.268 e. The number of nitrogen functional groups attached to an aromatic ring is 1. The van der Waals surface area contributed by atoms with Crippen LogP contribution in [0.25, 0.3) is 10.8 Å². The molecule has 2 aromatic heterocycles. The van der Waals surface area contributed by atoms with E-state index in [0.717, 1.165) is 21.0 Å². The van der Waals surface area contributed by atoms with E-state index in [4.69, 9.17) is 33.5 Å². The van der Waals surface area contributed by atoms with Crippen LogP contribution in [0.2, 0.25) is 10.0 Å². The molecule has 108 valence electrons. The summed E-state index contributed by atoms with van der Waals surface area (Å²) >= 11 is 13.3. The number of nitrogens with zero attached hydrogens (tertiary/aromatic N) is 2. The summed E-state index contributed by atoms with van der Waals surface area (Å²) in [5.41, 5.74) is 7.78. The van der Waals surface area contributed by atoms with Crippen molar-refractivity contribution >= 4 is 39.5 Å². The average Bonchev–Trinajstić information content (AvgIpc) is 3.00. The first kappa shape index (κ1) is 14.4. The summed E-state index contributed by atoms with van der Waals surface area (Å²) < 4.78 is 5.31. The number of aromatic nitrogens is 2. The Morgan fingerprint density at radius 2 is 2.05 bits per heavy atom. The van der Waals surface area contributed by atoms with Gasteiger partial charge in [0.15, 0.2) is 5.82 Å². The van der Waals surface area contributed by atoms with Crippen molar-refractivity contribution in [1.29, 1.82) is 0 Å².